The first-order chi connectivity index (χ1) is 20.5. The summed E-state index contributed by atoms with van der Waals surface area (Å²) < 4.78 is 46.1. The van der Waals surface area contributed by atoms with E-state index in [1.807, 2.05) is 38.1 Å². The van der Waals surface area contributed by atoms with Crippen LogP contribution in [0.2, 0.25) is 18.1 Å². The van der Waals surface area contributed by atoms with Gasteiger partial charge >= 0.3 is 6.09 Å². The van der Waals surface area contributed by atoms with Crippen molar-refractivity contribution in [2.75, 3.05) is 24.6 Å². The Kier molecular flexibility index (Phi) is 11.3. The monoisotopic (exact) mass is 642 g/mol. The Hall–Kier alpha value is -3.35. The van der Waals surface area contributed by atoms with E-state index in [1.54, 1.807) is 6.92 Å². The highest BCUT2D eigenvalue weighted by Crippen LogP contribution is 2.37. The number of carbonyl (C=O) groups is 1. The van der Waals surface area contributed by atoms with Gasteiger partial charge in [-0.1, -0.05) is 65.8 Å². The quantitative estimate of drug-likeness (QED) is 0.191. The van der Waals surface area contributed by atoms with Crippen LogP contribution < -0.4 is 9.04 Å². The standard InChI is InChI=1S/C32H46N4O6SSi/c1-22(2)20-41-31(37)36(29-30(40-8)35-24(4)19-34-29)43(38,39)27-12-11-17-33-28(27)26-15-13-25(14-16-26)18-23(3)21-42-44(9,10)32(5,6)7/h11-17,19,22-23H,18,20-21H2,1-10H3. The Labute approximate surface area is 263 Å². The van der Waals surface area contributed by atoms with Gasteiger partial charge in [0.1, 0.15) is 4.90 Å². The number of amides is 1. The van der Waals surface area contributed by atoms with Crippen LogP contribution in [-0.2, 0) is 25.6 Å². The molecule has 0 saturated heterocycles. The van der Waals surface area contributed by atoms with Crippen LogP contribution in [0.3, 0.4) is 0 Å². The third kappa shape index (κ3) is 8.42. The lowest BCUT2D eigenvalue weighted by molar-refractivity contribution is 0.143. The van der Waals surface area contributed by atoms with Gasteiger partial charge < -0.3 is 13.9 Å². The number of hydrogen-bond acceptors (Lipinski definition) is 9. The van der Waals surface area contributed by atoms with E-state index >= 15 is 0 Å². The Morgan fingerprint density at radius 2 is 1.68 bits per heavy atom. The molecule has 3 aromatic rings. The molecule has 44 heavy (non-hydrogen) atoms. The van der Waals surface area contributed by atoms with E-state index in [1.165, 1.54) is 31.6 Å². The molecule has 240 valence electrons. The fourth-order valence-corrected chi connectivity index (χ4v) is 6.66. The van der Waals surface area contributed by atoms with Crippen LogP contribution in [-0.4, -0.2) is 58.1 Å². The van der Waals surface area contributed by atoms with E-state index in [0.29, 0.717) is 28.1 Å². The predicted octanol–water partition coefficient (Wildman–Crippen LogP) is 7.04. The molecule has 1 amide bonds. The molecule has 1 aromatic carbocycles. The Bertz CT molecular complexity index is 1540. The molecule has 2 aromatic heterocycles. The van der Waals surface area contributed by atoms with E-state index in [-0.39, 0.29) is 39.9 Å². The summed E-state index contributed by atoms with van der Waals surface area (Å²) in [6.07, 6.45) is 2.56. The number of carbonyl (C=O) groups excluding carboxylic acids is 1. The van der Waals surface area contributed by atoms with Crippen LogP contribution >= 0.6 is 0 Å². The maximum atomic E-state index is 14.3. The van der Waals surface area contributed by atoms with E-state index in [2.05, 4.69) is 55.7 Å². The number of aromatic nitrogens is 3. The topological polar surface area (TPSA) is 121 Å². The van der Waals surface area contributed by atoms with Gasteiger partial charge in [0, 0.05) is 18.4 Å². The van der Waals surface area contributed by atoms with Gasteiger partial charge in [-0.05, 0) is 61.0 Å². The first kappa shape index (κ1) is 35.1. The van der Waals surface area contributed by atoms with Gasteiger partial charge in [0.15, 0.2) is 8.32 Å². The molecule has 0 radical (unpaired) electrons. The predicted molar refractivity (Wildman–Crippen MR) is 175 cm³/mol. The number of rotatable bonds is 12. The fourth-order valence-electron chi connectivity index (χ4n) is 4.06. The highest BCUT2D eigenvalue weighted by molar-refractivity contribution is 7.93. The minimum Gasteiger partial charge on any atom is -0.478 e. The van der Waals surface area contributed by atoms with E-state index < -0.39 is 24.4 Å². The summed E-state index contributed by atoms with van der Waals surface area (Å²) in [6.45, 7) is 19.4. The lowest BCUT2D eigenvalue weighted by atomic mass is 10.00. The van der Waals surface area contributed by atoms with Gasteiger partial charge in [-0.3, -0.25) is 4.98 Å². The molecular formula is C32H46N4O6SSi. The molecule has 10 nitrogen and oxygen atoms in total. The van der Waals surface area contributed by atoms with Crippen LogP contribution in [0.1, 0.15) is 52.8 Å². The fraction of sp³-hybridized carbons (Fsp3) is 0.500. The average molecular weight is 643 g/mol. The zero-order valence-electron chi connectivity index (χ0n) is 27.5. The first-order valence-corrected chi connectivity index (χ1v) is 19.1. The van der Waals surface area contributed by atoms with Gasteiger partial charge in [0.25, 0.3) is 15.9 Å². The number of anilines is 1. The SMILES string of the molecule is COc1nc(C)cnc1N(C(=O)OCC(C)C)S(=O)(=O)c1cccnc1-c1ccc(CC(C)CO[Si](C)(C)C(C)(C)C)cc1. The lowest BCUT2D eigenvalue weighted by Crippen LogP contribution is -2.41. The van der Waals surface area contributed by atoms with Gasteiger partial charge in [0.2, 0.25) is 5.82 Å². The minimum absolute atomic E-state index is 0.00711. The van der Waals surface area contributed by atoms with Crippen molar-refractivity contribution in [2.24, 2.45) is 11.8 Å². The summed E-state index contributed by atoms with van der Waals surface area (Å²) in [6, 6.07) is 10.5. The second-order valence-electron chi connectivity index (χ2n) is 13.0. The van der Waals surface area contributed by atoms with Crippen molar-refractivity contribution in [3.8, 4) is 17.1 Å². The molecule has 1 atom stereocenters. The van der Waals surface area contributed by atoms with Crippen molar-refractivity contribution in [2.45, 2.75) is 77.9 Å². The van der Waals surface area contributed by atoms with Crippen molar-refractivity contribution in [1.29, 1.82) is 0 Å². The van der Waals surface area contributed by atoms with E-state index in [4.69, 9.17) is 13.9 Å². The summed E-state index contributed by atoms with van der Waals surface area (Å²) in [4.78, 5) is 26.0. The second-order valence-corrected chi connectivity index (χ2v) is 19.6. The largest absolute Gasteiger partial charge is 0.478 e. The molecule has 1 unspecified atom stereocenters. The lowest BCUT2D eigenvalue weighted by Gasteiger charge is -2.37. The minimum atomic E-state index is -4.59. The molecule has 0 aliphatic carbocycles. The van der Waals surface area contributed by atoms with Gasteiger partial charge in [0.05, 0.1) is 31.3 Å². The molecule has 0 aliphatic rings. The first-order valence-electron chi connectivity index (χ1n) is 14.8. The molecular weight excluding hydrogens is 597 g/mol. The number of pyridine rings is 1. The summed E-state index contributed by atoms with van der Waals surface area (Å²) >= 11 is 0. The van der Waals surface area contributed by atoms with Crippen LogP contribution in [0.5, 0.6) is 5.88 Å². The summed E-state index contributed by atoms with van der Waals surface area (Å²) in [5.41, 5.74) is 2.35. The number of benzene rings is 1. The van der Waals surface area contributed by atoms with Crippen molar-refractivity contribution < 1.29 is 27.1 Å². The number of sulfonamides is 1. The third-order valence-electron chi connectivity index (χ3n) is 7.57. The van der Waals surface area contributed by atoms with Gasteiger partial charge in [-0.15, -0.1) is 4.31 Å². The normalized spacial score (nSPS) is 13.1. The molecule has 0 aliphatic heterocycles. The maximum absolute atomic E-state index is 14.3. The second kappa shape index (κ2) is 14.2. The van der Waals surface area contributed by atoms with Gasteiger partial charge in [-0.25, -0.2) is 23.2 Å². The van der Waals surface area contributed by atoms with E-state index in [9.17, 15) is 13.2 Å². The van der Waals surface area contributed by atoms with Crippen LogP contribution in [0, 0.1) is 18.8 Å². The van der Waals surface area contributed by atoms with Gasteiger partial charge in [-0.2, -0.15) is 0 Å². The number of ether oxygens (including phenoxy) is 2. The molecule has 0 fully saturated rings. The number of nitrogens with zero attached hydrogens (tertiary/aromatic N) is 4. The van der Waals surface area contributed by atoms with Crippen molar-refractivity contribution in [3.05, 3.63) is 60.0 Å². The average Bonchev–Trinajstić information content (AvgIpc) is 2.95. The smallest absolute Gasteiger partial charge is 0.430 e. The molecule has 3 rings (SSSR count). The summed E-state index contributed by atoms with van der Waals surface area (Å²) in [7, 11) is -5.10. The zero-order valence-corrected chi connectivity index (χ0v) is 29.4. The third-order valence-corrected chi connectivity index (χ3v) is 13.8. The molecule has 12 heteroatoms. The molecule has 2 heterocycles. The molecule has 0 N–H and O–H groups in total. The van der Waals surface area contributed by atoms with E-state index in [0.717, 1.165) is 12.0 Å². The van der Waals surface area contributed by atoms with Crippen molar-refractivity contribution in [1.82, 2.24) is 15.0 Å². The van der Waals surface area contributed by atoms with Crippen molar-refractivity contribution >= 4 is 30.3 Å². The van der Waals surface area contributed by atoms with Crippen LogP contribution in [0.4, 0.5) is 10.6 Å². The Balaban J connectivity index is 1.95. The molecule has 0 bridgehead atoms. The maximum Gasteiger partial charge on any atom is 0.430 e. The van der Waals surface area contributed by atoms with Crippen LogP contribution in [0.15, 0.2) is 53.7 Å². The number of aryl methyl sites for hydroxylation is 1. The summed E-state index contributed by atoms with van der Waals surface area (Å²) in [5.74, 6) is -0.150. The van der Waals surface area contributed by atoms with Crippen LogP contribution in [0.25, 0.3) is 11.3 Å². The molecule has 0 spiro atoms. The summed E-state index contributed by atoms with van der Waals surface area (Å²) in [5, 5.41) is 0.146. The highest BCUT2D eigenvalue weighted by atomic mass is 32.2. The highest BCUT2D eigenvalue weighted by Gasteiger charge is 2.39. The number of methoxy groups -OCH3 is 1. The van der Waals surface area contributed by atoms with Crippen molar-refractivity contribution in [3.63, 3.8) is 0 Å². The Morgan fingerprint density at radius 3 is 2.27 bits per heavy atom. The zero-order chi connectivity index (χ0) is 32.9. The Morgan fingerprint density at radius 1 is 1.02 bits per heavy atom. The number of hydrogen-bond donors (Lipinski definition) is 0. The molecule has 0 saturated carbocycles.